The van der Waals surface area contributed by atoms with E-state index < -0.39 is 24.0 Å². The molecule has 158 valence electrons. The molecule has 1 aliphatic carbocycles. The number of benzene rings is 1. The smallest absolute Gasteiger partial charge is 0.400 e. The third-order valence-corrected chi connectivity index (χ3v) is 4.62. The van der Waals surface area contributed by atoms with Crippen molar-refractivity contribution in [3.8, 4) is 11.5 Å². The number of alkyl halides is 2. The van der Waals surface area contributed by atoms with Crippen LogP contribution in [0.15, 0.2) is 49.6 Å². The molecule has 0 aromatic heterocycles. The molecule has 29 heavy (non-hydrogen) atoms. The minimum Gasteiger partial charge on any atom is -0.462 e. The van der Waals surface area contributed by atoms with Crippen LogP contribution in [0, 0.1) is 11.8 Å². The maximum atomic E-state index is 14.5. The summed E-state index contributed by atoms with van der Waals surface area (Å²) in [6.45, 7) is 6.47. The zero-order valence-corrected chi connectivity index (χ0v) is 16.0. The Kier molecular flexibility index (Phi) is 8.18. The van der Waals surface area contributed by atoms with Crippen molar-refractivity contribution in [2.24, 2.45) is 11.8 Å². The van der Waals surface area contributed by atoms with Gasteiger partial charge in [0.2, 0.25) is 6.79 Å². The zero-order chi connectivity index (χ0) is 21.3. The predicted molar refractivity (Wildman–Crippen MR) is 100 cm³/mol. The van der Waals surface area contributed by atoms with Gasteiger partial charge in [-0.25, -0.2) is 9.59 Å². The van der Waals surface area contributed by atoms with Crippen molar-refractivity contribution in [3.63, 3.8) is 0 Å². The molecular formula is C21H24F2O6. The summed E-state index contributed by atoms with van der Waals surface area (Å²) in [7, 11) is 0. The fourth-order valence-electron chi connectivity index (χ4n) is 2.98. The maximum absolute atomic E-state index is 14.5. The van der Waals surface area contributed by atoms with Crippen molar-refractivity contribution in [1.29, 1.82) is 0 Å². The molecule has 0 bridgehead atoms. The van der Waals surface area contributed by atoms with Crippen LogP contribution in [0.3, 0.4) is 0 Å². The number of esters is 2. The highest BCUT2D eigenvalue weighted by Gasteiger charge is 2.44. The van der Waals surface area contributed by atoms with Gasteiger partial charge in [0.1, 0.15) is 11.5 Å². The molecule has 1 aromatic carbocycles. The Morgan fingerprint density at radius 2 is 1.52 bits per heavy atom. The molecule has 0 saturated heterocycles. The third-order valence-electron chi connectivity index (χ3n) is 4.62. The molecule has 0 atom stereocenters. The first-order valence-electron chi connectivity index (χ1n) is 9.22. The summed E-state index contributed by atoms with van der Waals surface area (Å²) in [5.41, 5.74) is 0. The van der Waals surface area contributed by atoms with Crippen molar-refractivity contribution in [1.82, 2.24) is 0 Å². The van der Waals surface area contributed by atoms with Gasteiger partial charge in [0.25, 0.3) is 0 Å². The highest BCUT2D eigenvalue weighted by Crippen LogP contribution is 2.40. The van der Waals surface area contributed by atoms with Gasteiger partial charge in [0, 0.05) is 12.2 Å². The second-order valence-corrected chi connectivity index (χ2v) is 6.62. The van der Waals surface area contributed by atoms with Gasteiger partial charge in [-0.15, -0.1) is 0 Å². The van der Waals surface area contributed by atoms with Gasteiger partial charge in [-0.05, 0) is 55.9 Å². The van der Waals surface area contributed by atoms with Gasteiger partial charge >= 0.3 is 18.0 Å². The van der Waals surface area contributed by atoms with E-state index in [0.717, 1.165) is 12.2 Å². The average Bonchev–Trinajstić information content (AvgIpc) is 2.73. The molecule has 0 unspecified atom stereocenters. The molecule has 2 rings (SSSR count). The molecule has 1 fully saturated rings. The van der Waals surface area contributed by atoms with Crippen molar-refractivity contribution < 1.29 is 37.3 Å². The normalized spacial score (nSPS) is 19.0. The van der Waals surface area contributed by atoms with Crippen LogP contribution in [0.2, 0.25) is 0 Å². The van der Waals surface area contributed by atoms with Crippen LogP contribution in [-0.2, 0) is 19.1 Å². The van der Waals surface area contributed by atoms with Gasteiger partial charge in [-0.3, -0.25) is 0 Å². The molecule has 0 spiro atoms. The first-order chi connectivity index (χ1) is 13.8. The summed E-state index contributed by atoms with van der Waals surface area (Å²) in [4.78, 5) is 22.0. The summed E-state index contributed by atoms with van der Waals surface area (Å²) in [5.74, 6) is -1.63. The molecule has 1 aromatic rings. The van der Waals surface area contributed by atoms with E-state index >= 15 is 0 Å². The van der Waals surface area contributed by atoms with Crippen LogP contribution in [0.5, 0.6) is 11.5 Å². The molecule has 0 N–H and O–H groups in total. The summed E-state index contributed by atoms with van der Waals surface area (Å²) < 4.78 is 48.7. The Morgan fingerprint density at radius 3 is 2.10 bits per heavy atom. The fraction of sp³-hybridized carbons (Fsp3) is 0.429. The number of carbonyl (C=O) groups is 2. The second-order valence-electron chi connectivity index (χ2n) is 6.62. The van der Waals surface area contributed by atoms with Crippen molar-refractivity contribution in [3.05, 3.63) is 49.6 Å². The fourth-order valence-corrected chi connectivity index (χ4v) is 2.98. The van der Waals surface area contributed by atoms with Gasteiger partial charge < -0.3 is 18.9 Å². The van der Waals surface area contributed by atoms with E-state index in [9.17, 15) is 18.4 Å². The number of halogens is 2. The van der Waals surface area contributed by atoms with Crippen LogP contribution in [0.25, 0.3) is 0 Å². The predicted octanol–water partition coefficient (Wildman–Crippen LogP) is 4.26. The van der Waals surface area contributed by atoms with E-state index in [2.05, 4.69) is 17.9 Å². The molecule has 1 aliphatic rings. The second kappa shape index (κ2) is 10.6. The SMILES string of the molecule is C=CC(=O)OCOc1ccc(OC(F)(F)C2CCC(COC(=O)C=C)CC2)cc1. The molecule has 0 amide bonds. The number of hydrogen-bond donors (Lipinski definition) is 0. The van der Waals surface area contributed by atoms with E-state index in [1.165, 1.54) is 24.3 Å². The van der Waals surface area contributed by atoms with E-state index in [4.69, 9.17) is 14.2 Å². The Bertz CT molecular complexity index is 708. The topological polar surface area (TPSA) is 71.1 Å². The van der Waals surface area contributed by atoms with Gasteiger partial charge in [-0.1, -0.05) is 13.2 Å². The standard InChI is InChI=1S/C21H24F2O6/c1-3-19(24)26-13-15-5-7-16(8-6-15)21(22,23)29-18-11-9-17(10-12-18)27-14-28-20(25)4-2/h3-4,9-12,15-16H,1-2,5-8,13-14H2. The Balaban J connectivity index is 1.80. The summed E-state index contributed by atoms with van der Waals surface area (Å²) in [6, 6.07) is 5.61. The van der Waals surface area contributed by atoms with Gasteiger partial charge in [0.15, 0.2) is 0 Å². The van der Waals surface area contributed by atoms with E-state index in [-0.39, 0.29) is 37.9 Å². The lowest BCUT2D eigenvalue weighted by Gasteiger charge is -2.33. The third kappa shape index (κ3) is 7.21. The van der Waals surface area contributed by atoms with E-state index in [0.29, 0.717) is 18.6 Å². The molecule has 0 aliphatic heterocycles. The lowest BCUT2D eigenvalue weighted by molar-refractivity contribution is -0.224. The lowest BCUT2D eigenvalue weighted by atomic mass is 9.81. The highest BCUT2D eigenvalue weighted by atomic mass is 19.3. The summed E-state index contributed by atoms with van der Waals surface area (Å²) in [6.07, 6.45) is 0.388. The summed E-state index contributed by atoms with van der Waals surface area (Å²) >= 11 is 0. The first-order valence-corrected chi connectivity index (χ1v) is 9.22. The van der Waals surface area contributed by atoms with E-state index in [1.807, 2.05) is 0 Å². The van der Waals surface area contributed by atoms with Crippen LogP contribution in [0.1, 0.15) is 25.7 Å². The number of carbonyl (C=O) groups excluding carboxylic acids is 2. The quantitative estimate of drug-likeness (QED) is 0.326. The molecule has 0 radical (unpaired) electrons. The number of ether oxygens (including phenoxy) is 4. The van der Waals surface area contributed by atoms with Crippen LogP contribution in [-0.4, -0.2) is 31.4 Å². The minimum absolute atomic E-state index is 0.00692. The molecule has 6 nitrogen and oxygen atoms in total. The molecular weight excluding hydrogens is 386 g/mol. The monoisotopic (exact) mass is 410 g/mol. The Hall–Kier alpha value is -2.90. The number of hydrogen-bond acceptors (Lipinski definition) is 6. The largest absolute Gasteiger partial charge is 0.462 e. The van der Waals surface area contributed by atoms with Crippen molar-refractivity contribution >= 4 is 11.9 Å². The first kappa shape index (κ1) is 22.4. The van der Waals surface area contributed by atoms with Crippen molar-refractivity contribution in [2.75, 3.05) is 13.4 Å². The van der Waals surface area contributed by atoms with Crippen LogP contribution >= 0.6 is 0 Å². The molecule has 0 heterocycles. The maximum Gasteiger partial charge on any atom is 0.400 e. The lowest BCUT2D eigenvalue weighted by Crippen LogP contribution is -2.37. The Morgan fingerprint density at radius 1 is 0.966 bits per heavy atom. The highest BCUT2D eigenvalue weighted by molar-refractivity contribution is 5.81. The zero-order valence-electron chi connectivity index (χ0n) is 16.0. The van der Waals surface area contributed by atoms with E-state index in [1.54, 1.807) is 0 Å². The Labute approximate surface area is 168 Å². The van der Waals surface area contributed by atoms with Crippen LogP contribution < -0.4 is 9.47 Å². The molecule has 8 heteroatoms. The summed E-state index contributed by atoms with van der Waals surface area (Å²) in [5, 5.41) is 0. The van der Waals surface area contributed by atoms with Crippen LogP contribution in [0.4, 0.5) is 8.78 Å². The molecule has 1 saturated carbocycles. The van der Waals surface area contributed by atoms with Gasteiger partial charge in [-0.2, -0.15) is 8.78 Å². The van der Waals surface area contributed by atoms with Gasteiger partial charge in [0.05, 0.1) is 12.5 Å². The van der Waals surface area contributed by atoms with Crippen molar-refractivity contribution in [2.45, 2.75) is 31.8 Å². The average molecular weight is 410 g/mol. The number of rotatable bonds is 10. The minimum atomic E-state index is -3.31.